The van der Waals surface area contributed by atoms with E-state index in [9.17, 15) is 17.6 Å². The van der Waals surface area contributed by atoms with Crippen molar-refractivity contribution in [3.05, 3.63) is 23.3 Å². The van der Waals surface area contributed by atoms with Crippen molar-refractivity contribution in [1.82, 2.24) is 0 Å². The summed E-state index contributed by atoms with van der Waals surface area (Å²) >= 11 is 0. The van der Waals surface area contributed by atoms with E-state index in [1.54, 1.807) is 0 Å². The molecule has 0 aliphatic heterocycles. The van der Waals surface area contributed by atoms with Gasteiger partial charge in [-0.25, -0.2) is 8.78 Å². The maximum atomic E-state index is 13.1. The Morgan fingerprint density at radius 2 is 2.00 bits per heavy atom. The van der Waals surface area contributed by atoms with Crippen LogP contribution in [-0.4, -0.2) is 6.61 Å². The number of halogens is 4. The third kappa shape index (κ3) is 2.10. The molecule has 0 fully saturated rings. The molecule has 0 heterocycles. The predicted molar refractivity (Wildman–Crippen MR) is 42.1 cm³/mol. The van der Waals surface area contributed by atoms with Crippen molar-refractivity contribution in [3.63, 3.8) is 0 Å². The van der Waals surface area contributed by atoms with Gasteiger partial charge in [0.25, 0.3) is 0 Å². The van der Waals surface area contributed by atoms with Gasteiger partial charge in [0.1, 0.15) is 11.6 Å². The Hall–Kier alpha value is -1.97. The Morgan fingerprint density at radius 3 is 2.47 bits per heavy atom. The topological polar surface area (TPSA) is 59.0 Å². The minimum absolute atomic E-state index is 0.359. The highest BCUT2D eigenvalue weighted by Gasteiger charge is 2.19. The molecule has 1 aromatic carbocycles. The number of nitrogens with zero attached hydrogens (tertiary/aromatic N) is 1. The van der Waals surface area contributed by atoms with Gasteiger partial charge in [0, 0.05) is 6.07 Å². The molecule has 15 heavy (non-hydrogen) atoms. The van der Waals surface area contributed by atoms with E-state index < -0.39 is 35.2 Å². The zero-order valence-corrected chi connectivity index (χ0v) is 7.10. The van der Waals surface area contributed by atoms with Crippen molar-refractivity contribution in [1.29, 1.82) is 5.26 Å². The summed E-state index contributed by atoms with van der Waals surface area (Å²) in [6.07, 6.45) is 0. The lowest BCUT2D eigenvalue weighted by Crippen LogP contribution is -2.07. The first-order valence-electron chi connectivity index (χ1n) is 3.59. The second-order valence-corrected chi connectivity index (χ2v) is 2.45. The average Bonchev–Trinajstić information content (AvgIpc) is 2.14. The molecule has 0 atom stereocenters. The van der Waals surface area contributed by atoms with Gasteiger partial charge in [0.2, 0.25) is 0 Å². The Morgan fingerprint density at radius 1 is 1.40 bits per heavy atom. The number of alkyl halides is 2. The average molecular weight is 220 g/mol. The number of anilines is 1. The monoisotopic (exact) mass is 220 g/mol. The molecule has 0 bridgehead atoms. The molecule has 0 aliphatic rings. The Kier molecular flexibility index (Phi) is 2.99. The molecule has 1 rings (SSSR count). The summed E-state index contributed by atoms with van der Waals surface area (Å²) in [6, 6.07) is 1.61. The van der Waals surface area contributed by atoms with Crippen molar-refractivity contribution in [3.8, 4) is 11.8 Å². The molecule has 0 saturated carbocycles. The molecular formula is C8H4F4N2O. The van der Waals surface area contributed by atoms with Crippen LogP contribution in [-0.2, 0) is 0 Å². The number of hydrogen-bond acceptors (Lipinski definition) is 3. The highest BCUT2D eigenvalue weighted by Crippen LogP contribution is 2.28. The van der Waals surface area contributed by atoms with Crippen molar-refractivity contribution >= 4 is 5.69 Å². The fourth-order valence-electron chi connectivity index (χ4n) is 0.908. The van der Waals surface area contributed by atoms with Gasteiger partial charge in [-0.1, -0.05) is 0 Å². The molecule has 0 saturated heterocycles. The van der Waals surface area contributed by atoms with Crippen molar-refractivity contribution in [2.75, 3.05) is 5.73 Å². The van der Waals surface area contributed by atoms with Gasteiger partial charge in [0.05, 0.1) is 5.69 Å². The molecular weight excluding hydrogens is 216 g/mol. The van der Waals surface area contributed by atoms with Crippen LogP contribution in [0.15, 0.2) is 6.07 Å². The number of nitrogens with two attached hydrogens (primary N) is 1. The van der Waals surface area contributed by atoms with Crippen LogP contribution in [0.2, 0.25) is 0 Å². The Balaban J connectivity index is 3.32. The quantitative estimate of drug-likeness (QED) is 0.612. The molecule has 0 aromatic heterocycles. The predicted octanol–water partition coefficient (Wildman–Crippen LogP) is 2.02. The number of rotatable bonds is 2. The molecule has 0 amide bonds. The SMILES string of the molecule is N#Cc1c(N)c(F)cc(OC(F)F)c1F. The van der Waals surface area contributed by atoms with Crippen LogP contribution in [0, 0.1) is 23.0 Å². The molecule has 3 nitrogen and oxygen atoms in total. The minimum atomic E-state index is -3.31. The van der Waals surface area contributed by atoms with E-state index in [0.717, 1.165) is 0 Å². The summed E-state index contributed by atoms with van der Waals surface area (Å²) in [5, 5.41) is 8.40. The van der Waals surface area contributed by atoms with Gasteiger partial charge in [-0.2, -0.15) is 14.0 Å². The van der Waals surface area contributed by atoms with Gasteiger partial charge in [-0.15, -0.1) is 0 Å². The van der Waals surface area contributed by atoms with Crippen LogP contribution in [0.4, 0.5) is 23.2 Å². The number of ether oxygens (including phenoxy) is 1. The van der Waals surface area contributed by atoms with Crippen molar-refractivity contribution in [2.45, 2.75) is 6.61 Å². The summed E-state index contributed by atoms with van der Waals surface area (Å²) < 4.78 is 53.2. The zero-order valence-electron chi connectivity index (χ0n) is 7.10. The van der Waals surface area contributed by atoms with Gasteiger partial charge in [-0.05, 0) is 0 Å². The van der Waals surface area contributed by atoms with Crippen molar-refractivity contribution in [2.24, 2.45) is 0 Å². The Labute approximate surface area is 81.7 Å². The van der Waals surface area contributed by atoms with E-state index in [0.29, 0.717) is 6.07 Å². The van der Waals surface area contributed by atoms with Gasteiger partial charge in [-0.3, -0.25) is 0 Å². The van der Waals surface area contributed by atoms with Crippen molar-refractivity contribution < 1.29 is 22.3 Å². The third-order valence-electron chi connectivity index (χ3n) is 1.55. The number of hydrogen-bond donors (Lipinski definition) is 1. The summed E-state index contributed by atoms with van der Waals surface area (Å²) in [6.45, 7) is -3.31. The van der Waals surface area contributed by atoms with E-state index in [4.69, 9.17) is 11.0 Å². The van der Waals surface area contributed by atoms with Gasteiger partial charge < -0.3 is 10.5 Å². The summed E-state index contributed by atoms with van der Waals surface area (Å²) in [4.78, 5) is 0. The Bertz CT molecular complexity index is 428. The second kappa shape index (κ2) is 4.04. The third-order valence-corrected chi connectivity index (χ3v) is 1.55. The molecule has 0 aliphatic carbocycles. The van der Waals surface area contributed by atoms with Crippen LogP contribution in [0.5, 0.6) is 5.75 Å². The molecule has 2 N–H and O–H groups in total. The molecule has 0 radical (unpaired) electrons. The normalized spacial score (nSPS) is 10.1. The van der Waals surface area contributed by atoms with Crippen LogP contribution < -0.4 is 10.5 Å². The summed E-state index contributed by atoms with van der Waals surface area (Å²) in [7, 11) is 0. The first-order chi connectivity index (χ1) is 6.97. The maximum absolute atomic E-state index is 13.1. The lowest BCUT2D eigenvalue weighted by atomic mass is 10.1. The van der Waals surface area contributed by atoms with E-state index in [1.165, 1.54) is 6.07 Å². The number of nitrogen functional groups attached to an aromatic ring is 1. The molecule has 7 heteroatoms. The lowest BCUT2D eigenvalue weighted by molar-refractivity contribution is -0.0523. The highest BCUT2D eigenvalue weighted by molar-refractivity contribution is 5.58. The summed E-state index contributed by atoms with van der Waals surface area (Å²) in [5.74, 6) is -3.64. The fraction of sp³-hybridized carbons (Fsp3) is 0.125. The van der Waals surface area contributed by atoms with E-state index in [-0.39, 0.29) is 0 Å². The summed E-state index contributed by atoms with van der Waals surface area (Å²) in [5.41, 5.74) is 3.42. The number of nitriles is 1. The van der Waals surface area contributed by atoms with Crippen LogP contribution in [0.1, 0.15) is 5.56 Å². The van der Waals surface area contributed by atoms with E-state index >= 15 is 0 Å². The second-order valence-electron chi connectivity index (χ2n) is 2.45. The van der Waals surface area contributed by atoms with Gasteiger partial charge in [0.15, 0.2) is 17.4 Å². The molecule has 1 aromatic rings. The number of benzene rings is 1. The smallest absolute Gasteiger partial charge is 0.387 e. The maximum Gasteiger partial charge on any atom is 0.387 e. The largest absolute Gasteiger partial charge is 0.432 e. The first-order valence-corrected chi connectivity index (χ1v) is 3.59. The van der Waals surface area contributed by atoms with Crippen LogP contribution in [0.3, 0.4) is 0 Å². The molecule has 80 valence electrons. The lowest BCUT2D eigenvalue weighted by Gasteiger charge is -2.08. The molecule has 0 spiro atoms. The standard InChI is InChI=1S/C8H4F4N2O/c9-4-1-5(15-8(11)12)6(10)3(2-13)7(4)14/h1,8H,14H2. The molecule has 0 unspecified atom stereocenters. The van der Waals surface area contributed by atoms with Crippen LogP contribution in [0.25, 0.3) is 0 Å². The first kappa shape index (κ1) is 11.1. The van der Waals surface area contributed by atoms with E-state index in [1.807, 2.05) is 0 Å². The van der Waals surface area contributed by atoms with Gasteiger partial charge >= 0.3 is 6.61 Å². The minimum Gasteiger partial charge on any atom is -0.432 e. The van der Waals surface area contributed by atoms with Crippen LogP contribution >= 0.6 is 0 Å². The van der Waals surface area contributed by atoms with E-state index in [2.05, 4.69) is 4.74 Å². The zero-order chi connectivity index (χ0) is 11.6. The highest BCUT2D eigenvalue weighted by atomic mass is 19.3. The fourth-order valence-corrected chi connectivity index (χ4v) is 0.908.